The van der Waals surface area contributed by atoms with E-state index in [1.807, 2.05) is 60.3 Å². The molecule has 0 unspecified atom stereocenters. The third-order valence-electron chi connectivity index (χ3n) is 7.33. The Morgan fingerprint density at radius 1 is 1.03 bits per heavy atom. The number of nitrogens with zero attached hydrogens (tertiary/aromatic N) is 5. The lowest BCUT2D eigenvalue weighted by Gasteiger charge is -2.31. The molecule has 0 N–H and O–H groups in total. The highest BCUT2D eigenvalue weighted by Gasteiger charge is 2.35. The molecule has 9 nitrogen and oxygen atoms in total. The van der Waals surface area contributed by atoms with Gasteiger partial charge in [-0.1, -0.05) is 30.3 Å². The Morgan fingerprint density at radius 3 is 2.44 bits per heavy atom. The molecule has 3 aromatic rings. The number of morpholine rings is 1. The molecular weight excluding hydrogens is 494 g/mol. The average molecular weight is 530 g/mol. The molecule has 204 valence electrons. The smallest absolute Gasteiger partial charge is 0.262 e. The maximum absolute atomic E-state index is 13.9. The van der Waals surface area contributed by atoms with E-state index in [1.54, 1.807) is 41.3 Å². The van der Waals surface area contributed by atoms with Gasteiger partial charge in [0.25, 0.3) is 11.8 Å². The highest BCUT2D eigenvalue weighted by molar-refractivity contribution is 6.02. The summed E-state index contributed by atoms with van der Waals surface area (Å²) in [5, 5.41) is 6.38. The first-order valence-corrected chi connectivity index (χ1v) is 13.3. The molecule has 3 heterocycles. The van der Waals surface area contributed by atoms with Crippen molar-refractivity contribution in [2.24, 2.45) is 12.1 Å². The molecule has 9 heteroatoms. The van der Waals surface area contributed by atoms with Crippen molar-refractivity contribution in [2.75, 3.05) is 53.0 Å². The van der Waals surface area contributed by atoms with Gasteiger partial charge in [-0.15, -0.1) is 0 Å². The lowest BCUT2D eigenvalue weighted by molar-refractivity contribution is -0.133. The number of carbonyl (C=O) groups is 2. The monoisotopic (exact) mass is 529 g/mol. The van der Waals surface area contributed by atoms with E-state index in [4.69, 9.17) is 14.6 Å². The fourth-order valence-electron chi connectivity index (χ4n) is 5.08. The summed E-state index contributed by atoms with van der Waals surface area (Å²) >= 11 is 0. The Hall–Kier alpha value is -3.95. The van der Waals surface area contributed by atoms with Gasteiger partial charge < -0.3 is 18.9 Å². The first kappa shape index (κ1) is 26.6. The molecule has 0 radical (unpaired) electrons. The highest BCUT2D eigenvalue weighted by Crippen LogP contribution is 2.33. The van der Waals surface area contributed by atoms with E-state index in [9.17, 15) is 9.59 Å². The summed E-state index contributed by atoms with van der Waals surface area (Å²) in [7, 11) is 3.56. The number of methoxy groups -OCH3 is 1. The summed E-state index contributed by atoms with van der Waals surface area (Å²) in [5.41, 5.74) is 3.36. The van der Waals surface area contributed by atoms with Crippen LogP contribution in [0.4, 0.5) is 0 Å². The van der Waals surface area contributed by atoms with E-state index < -0.39 is 0 Å². The molecule has 1 atom stereocenters. The van der Waals surface area contributed by atoms with Crippen LogP contribution in [0.2, 0.25) is 0 Å². The van der Waals surface area contributed by atoms with Gasteiger partial charge in [-0.2, -0.15) is 5.10 Å². The Kier molecular flexibility index (Phi) is 8.39. The molecule has 1 saturated heterocycles. The molecular formula is C30H35N5O4. The van der Waals surface area contributed by atoms with Crippen LogP contribution in [0.5, 0.6) is 5.75 Å². The van der Waals surface area contributed by atoms with Crippen LogP contribution in [-0.2, 0) is 16.6 Å². The van der Waals surface area contributed by atoms with E-state index in [0.717, 1.165) is 30.1 Å². The van der Waals surface area contributed by atoms with Crippen LogP contribution in [0.1, 0.15) is 34.1 Å². The molecule has 0 spiro atoms. The molecule has 39 heavy (non-hydrogen) atoms. The number of benzene rings is 2. The third-order valence-corrected chi connectivity index (χ3v) is 7.33. The summed E-state index contributed by atoms with van der Waals surface area (Å²) in [6.45, 7) is 3.99. The van der Waals surface area contributed by atoms with E-state index in [2.05, 4.69) is 4.90 Å². The zero-order valence-corrected chi connectivity index (χ0v) is 22.5. The summed E-state index contributed by atoms with van der Waals surface area (Å²) in [6.07, 6.45) is 2.58. The standard InChI is InChI=1S/C30H35N5O4/c1-32-14-6-9-27(32)26-21-28(23-7-4-3-5-8-23)35(31-26)29(36)22-34(16-15-33-17-19-39-20-18-33)30(37)24-10-12-25(38-2)13-11-24/h3-14,28H,15-22H2,1-2H3/t28-/m1/s1. The lowest BCUT2D eigenvalue weighted by atomic mass is 10.0. The summed E-state index contributed by atoms with van der Waals surface area (Å²) < 4.78 is 12.7. The summed E-state index contributed by atoms with van der Waals surface area (Å²) in [4.78, 5) is 31.4. The molecule has 2 amide bonds. The number of aryl methyl sites for hydroxylation is 1. The zero-order chi connectivity index (χ0) is 27.2. The number of amides is 2. The number of aromatic nitrogens is 1. The maximum atomic E-state index is 13.9. The van der Waals surface area contributed by atoms with Crippen LogP contribution in [0.3, 0.4) is 0 Å². The van der Waals surface area contributed by atoms with Crippen LogP contribution in [0.25, 0.3) is 0 Å². The minimum absolute atomic E-state index is 0.0670. The minimum atomic E-state index is -0.235. The van der Waals surface area contributed by atoms with Crippen LogP contribution in [0, 0.1) is 0 Å². The second-order valence-corrected chi connectivity index (χ2v) is 9.83. The SMILES string of the molecule is COc1ccc(C(=O)N(CCN2CCOCC2)CC(=O)N2N=C(c3cccn3C)C[C@@H]2c2ccccc2)cc1. The van der Waals surface area contributed by atoms with Gasteiger partial charge in [0.1, 0.15) is 12.3 Å². The number of hydrazone groups is 1. The predicted molar refractivity (Wildman–Crippen MR) is 149 cm³/mol. The van der Waals surface area contributed by atoms with Crippen molar-refractivity contribution in [3.8, 4) is 5.75 Å². The van der Waals surface area contributed by atoms with Gasteiger partial charge in [0.2, 0.25) is 0 Å². The van der Waals surface area contributed by atoms with Crippen molar-refractivity contribution in [1.29, 1.82) is 0 Å². The Morgan fingerprint density at radius 2 is 1.77 bits per heavy atom. The van der Waals surface area contributed by atoms with Crippen molar-refractivity contribution in [3.05, 3.63) is 89.7 Å². The van der Waals surface area contributed by atoms with Crippen LogP contribution in [-0.4, -0.2) is 89.9 Å². The van der Waals surface area contributed by atoms with Crippen LogP contribution >= 0.6 is 0 Å². The average Bonchev–Trinajstić information content (AvgIpc) is 3.62. The first-order valence-electron chi connectivity index (χ1n) is 13.3. The van der Waals surface area contributed by atoms with Gasteiger partial charge in [0.05, 0.1) is 37.8 Å². The molecule has 0 aliphatic carbocycles. The zero-order valence-electron chi connectivity index (χ0n) is 22.5. The molecule has 5 rings (SSSR count). The Balaban J connectivity index is 1.39. The van der Waals surface area contributed by atoms with Gasteiger partial charge >= 0.3 is 0 Å². The molecule has 2 aliphatic heterocycles. The number of rotatable bonds is 9. The molecule has 0 bridgehead atoms. The summed E-state index contributed by atoms with van der Waals surface area (Å²) in [6, 6.07) is 20.7. The van der Waals surface area contributed by atoms with Gasteiger partial charge in [0, 0.05) is 51.4 Å². The fourth-order valence-corrected chi connectivity index (χ4v) is 5.08. The largest absolute Gasteiger partial charge is 0.497 e. The quantitative estimate of drug-likeness (QED) is 0.426. The number of carbonyl (C=O) groups excluding carboxylic acids is 2. The molecule has 0 saturated carbocycles. The molecule has 2 aromatic carbocycles. The predicted octanol–water partition coefficient (Wildman–Crippen LogP) is 3.19. The number of ether oxygens (including phenoxy) is 2. The Labute approximate surface area is 229 Å². The van der Waals surface area contributed by atoms with Gasteiger partial charge in [-0.25, -0.2) is 5.01 Å². The van der Waals surface area contributed by atoms with Gasteiger partial charge in [0.15, 0.2) is 0 Å². The maximum Gasteiger partial charge on any atom is 0.262 e. The second kappa shape index (κ2) is 12.3. The van der Waals surface area contributed by atoms with E-state index in [0.29, 0.717) is 44.0 Å². The van der Waals surface area contributed by atoms with Gasteiger partial charge in [-0.3, -0.25) is 14.5 Å². The van der Waals surface area contributed by atoms with E-state index in [-0.39, 0.29) is 24.4 Å². The van der Waals surface area contributed by atoms with Gasteiger partial charge in [-0.05, 0) is 42.0 Å². The van der Waals surface area contributed by atoms with Crippen LogP contribution in [0.15, 0.2) is 78.0 Å². The number of hydrogen-bond donors (Lipinski definition) is 0. The Bertz CT molecular complexity index is 1300. The number of hydrogen-bond acceptors (Lipinski definition) is 6. The van der Waals surface area contributed by atoms with E-state index >= 15 is 0 Å². The molecule has 1 aromatic heterocycles. The van der Waals surface area contributed by atoms with Crippen molar-refractivity contribution >= 4 is 17.5 Å². The molecule has 2 aliphatic rings. The van der Waals surface area contributed by atoms with Crippen LogP contribution < -0.4 is 4.74 Å². The normalized spacial score (nSPS) is 17.6. The van der Waals surface area contributed by atoms with Crippen molar-refractivity contribution in [3.63, 3.8) is 0 Å². The minimum Gasteiger partial charge on any atom is -0.497 e. The van der Waals surface area contributed by atoms with Crippen molar-refractivity contribution in [1.82, 2.24) is 19.4 Å². The van der Waals surface area contributed by atoms with E-state index in [1.165, 1.54) is 0 Å². The van der Waals surface area contributed by atoms with Crippen molar-refractivity contribution < 1.29 is 19.1 Å². The third kappa shape index (κ3) is 6.21. The topological polar surface area (TPSA) is 79.6 Å². The lowest BCUT2D eigenvalue weighted by Crippen LogP contribution is -2.46. The second-order valence-electron chi connectivity index (χ2n) is 9.83. The fraction of sp³-hybridized carbons (Fsp3) is 0.367. The van der Waals surface area contributed by atoms with Crippen molar-refractivity contribution in [2.45, 2.75) is 12.5 Å². The highest BCUT2D eigenvalue weighted by atomic mass is 16.5. The first-order chi connectivity index (χ1) is 19.0. The molecule has 1 fully saturated rings. The summed E-state index contributed by atoms with van der Waals surface area (Å²) in [5.74, 6) is 0.270.